The van der Waals surface area contributed by atoms with Gasteiger partial charge in [0.05, 0.1) is 17.6 Å². The Morgan fingerprint density at radius 2 is 1.88 bits per heavy atom. The van der Waals surface area contributed by atoms with Gasteiger partial charge in [0, 0.05) is 10.8 Å². The van der Waals surface area contributed by atoms with Gasteiger partial charge in [0.2, 0.25) is 5.91 Å². The minimum atomic E-state index is 0.00996. The first-order chi connectivity index (χ1) is 11.8. The first-order valence-corrected chi connectivity index (χ1v) is 8.36. The Labute approximate surface area is 142 Å². The lowest BCUT2D eigenvalue weighted by Crippen LogP contribution is -2.29. The smallest absolute Gasteiger partial charge is 0.243 e. The number of hydrogen-bond acceptors (Lipinski definition) is 6. The molecule has 1 amide bonds. The van der Waals surface area contributed by atoms with Crippen molar-refractivity contribution in [2.75, 3.05) is 16.1 Å². The molecule has 3 aromatic rings. The van der Waals surface area contributed by atoms with Crippen LogP contribution in [0.5, 0.6) is 0 Å². The van der Waals surface area contributed by atoms with E-state index in [9.17, 15) is 4.79 Å². The number of benzene rings is 2. The summed E-state index contributed by atoms with van der Waals surface area (Å²) in [5.74, 6) is 0.945. The van der Waals surface area contributed by atoms with Gasteiger partial charge in [-0.2, -0.15) is 5.10 Å². The Hall–Kier alpha value is -2.93. The lowest BCUT2D eigenvalue weighted by molar-refractivity contribution is -0.115. The fourth-order valence-corrected chi connectivity index (χ4v) is 3.32. The quantitative estimate of drug-likeness (QED) is 0.745. The molecule has 0 spiro atoms. The molecule has 2 heterocycles. The average molecular weight is 335 g/mol. The van der Waals surface area contributed by atoms with Crippen molar-refractivity contribution < 1.29 is 4.79 Å². The molecule has 6 nitrogen and oxygen atoms in total. The van der Waals surface area contributed by atoms with Gasteiger partial charge in [0.25, 0.3) is 0 Å². The van der Waals surface area contributed by atoms with Crippen molar-refractivity contribution in [3.05, 3.63) is 60.8 Å². The van der Waals surface area contributed by atoms with E-state index in [1.807, 2.05) is 54.6 Å². The minimum absolute atomic E-state index is 0.00996. The van der Waals surface area contributed by atoms with Gasteiger partial charge in [-0.25, -0.2) is 0 Å². The maximum Gasteiger partial charge on any atom is 0.243 e. The number of carbonyl (C=O) groups excluding carboxylic acids is 1. The van der Waals surface area contributed by atoms with Crippen molar-refractivity contribution in [2.45, 2.75) is 0 Å². The normalized spacial score (nSPS) is 16.1. The predicted octanol–water partition coefficient (Wildman–Crippen LogP) is 3.09. The number of aromatic nitrogens is 2. The Balaban J connectivity index is 1.66. The lowest BCUT2D eigenvalue weighted by atomic mass is 10.2. The Morgan fingerprint density at radius 1 is 1.08 bits per heavy atom. The number of amidine groups is 1. The monoisotopic (exact) mass is 335 g/mol. The molecule has 1 aliphatic heterocycles. The second kappa shape index (κ2) is 6.29. The standard InChI is InChI=1S/C17H13N5OS/c23-15-11-24-17(22(15)13-7-2-1-3-8-13)21-20-16-14-9-5-4-6-12(14)10-18-19-16/h1-10H,11H2,(H,19,20)/b21-17+. The van der Waals surface area contributed by atoms with E-state index in [4.69, 9.17) is 0 Å². The van der Waals surface area contributed by atoms with Crippen LogP contribution in [-0.2, 0) is 4.79 Å². The molecule has 1 fully saturated rings. The van der Waals surface area contributed by atoms with E-state index in [1.165, 1.54) is 11.8 Å². The van der Waals surface area contributed by atoms with Crippen LogP contribution in [0.4, 0.5) is 11.5 Å². The van der Waals surface area contributed by atoms with Gasteiger partial charge in [-0.05, 0) is 12.1 Å². The molecule has 0 atom stereocenters. The van der Waals surface area contributed by atoms with Crippen molar-refractivity contribution in [3.63, 3.8) is 0 Å². The molecule has 118 valence electrons. The molecular formula is C17H13N5OS. The molecule has 0 radical (unpaired) electrons. The molecule has 1 N–H and O–H groups in total. The zero-order chi connectivity index (χ0) is 16.4. The maximum absolute atomic E-state index is 12.2. The molecule has 1 saturated heterocycles. The van der Waals surface area contributed by atoms with E-state index < -0.39 is 0 Å². The number of nitrogens with one attached hydrogen (secondary N) is 1. The summed E-state index contributed by atoms with van der Waals surface area (Å²) < 4.78 is 0. The van der Waals surface area contributed by atoms with Crippen LogP contribution in [0.1, 0.15) is 0 Å². The number of nitrogens with zero attached hydrogens (tertiary/aromatic N) is 4. The third-order valence-corrected chi connectivity index (χ3v) is 4.53. The van der Waals surface area contributed by atoms with Gasteiger partial charge in [-0.3, -0.25) is 15.1 Å². The number of amides is 1. The van der Waals surface area contributed by atoms with Gasteiger partial charge in [0.15, 0.2) is 11.0 Å². The fourth-order valence-electron chi connectivity index (χ4n) is 2.49. The summed E-state index contributed by atoms with van der Waals surface area (Å²) in [5.41, 5.74) is 3.75. The van der Waals surface area contributed by atoms with Crippen LogP contribution in [0.2, 0.25) is 0 Å². The third-order valence-electron chi connectivity index (χ3n) is 3.61. The summed E-state index contributed by atoms with van der Waals surface area (Å²) in [7, 11) is 0. The SMILES string of the molecule is O=C1CS/C(=N/Nc2nncc3ccccc23)N1c1ccccc1. The topological polar surface area (TPSA) is 70.5 Å². The highest BCUT2D eigenvalue weighted by atomic mass is 32.2. The third kappa shape index (κ3) is 2.69. The highest BCUT2D eigenvalue weighted by Gasteiger charge is 2.29. The van der Waals surface area contributed by atoms with Gasteiger partial charge < -0.3 is 0 Å². The number of anilines is 2. The highest BCUT2D eigenvalue weighted by Crippen LogP contribution is 2.27. The van der Waals surface area contributed by atoms with Crippen LogP contribution >= 0.6 is 11.8 Å². The van der Waals surface area contributed by atoms with Gasteiger partial charge >= 0.3 is 0 Å². The van der Waals surface area contributed by atoms with E-state index in [0.717, 1.165) is 16.5 Å². The molecule has 0 bridgehead atoms. The molecule has 1 aromatic heterocycles. The first kappa shape index (κ1) is 14.6. The number of hydrazone groups is 1. The summed E-state index contributed by atoms with van der Waals surface area (Å²) in [6.07, 6.45) is 1.71. The van der Waals surface area contributed by atoms with Crippen molar-refractivity contribution in [1.82, 2.24) is 10.2 Å². The van der Waals surface area contributed by atoms with Crippen molar-refractivity contribution in [3.8, 4) is 0 Å². The number of fused-ring (bicyclic) bond motifs is 1. The minimum Gasteiger partial charge on any atom is -0.273 e. The number of thioether (sulfide) groups is 1. The molecule has 0 saturated carbocycles. The van der Waals surface area contributed by atoms with Crippen LogP contribution < -0.4 is 10.3 Å². The van der Waals surface area contributed by atoms with Crippen LogP contribution in [-0.4, -0.2) is 27.0 Å². The zero-order valence-corrected chi connectivity index (χ0v) is 13.4. The zero-order valence-electron chi connectivity index (χ0n) is 12.6. The van der Waals surface area contributed by atoms with E-state index in [0.29, 0.717) is 16.7 Å². The first-order valence-electron chi connectivity index (χ1n) is 7.38. The van der Waals surface area contributed by atoms with Crippen LogP contribution in [0, 0.1) is 0 Å². The average Bonchev–Trinajstić information content (AvgIpc) is 3.01. The number of rotatable bonds is 3. The van der Waals surface area contributed by atoms with Crippen molar-refractivity contribution in [1.29, 1.82) is 0 Å². The number of carbonyl (C=O) groups is 1. The van der Waals surface area contributed by atoms with Crippen LogP contribution in [0.3, 0.4) is 0 Å². The molecule has 0 aliphatic carbocycles. The molecule has 7 heteroatoms. The summed E-state index contributed by atoms with van der Waals surface area (Å²) in [4.78, 5) is 13.8. The highest BCUT2D eigenvalue weighted by molar-refractivity contribution is 8.15. The summed E-state index contributed by atoms with van der Waals surface area (Å²) >= 11 is 1.39. The van der Waals surface area contributed by atoms with Gasteiger partial charge in [-0.15, -0.1) is 10.2 Å². The van der Waals surface area contributed by atoms with Crippen molar-refractivity contribution >= 4 is 45.1 Å². The Kier molecular flexibility index (Phi) is 3.84. The van der Waals surface area contributed by atoms with Crippen LogP contribution in [0.25, 0.3) is 10.8 Å². The molecule has 4 rings (SSSR count). The molecular weight excluding hydrogens is 322 g/mol. The van der Waals surface area contributed by atoms with E-state index in [1.54, 1.807) is 11.1 Å². The van der Waals surface area contributed by atoms with Crippen molar-refractivity contribution in [2.24, 2.45) is 5.10 Å². The molecule has 2 aromatic carbocycles. The Bertz CT molecular complexity index is 923. The van der Waals surface area contributed by atoms with Gasteiger partial charge in [0.1, 0.15) is 0 Å². The second-order valence-electron chi connectivity index (χ2n) is 5.14. The second-order valence-corrected chi connectivity index (χ2v) is 6.08. The van der Waals surface area contributed by atoms with E-state index >= 15 is 0 Å². The predicted molar refractivity (Wildman–Crippen MR) is 97.0 cm³/mol. The lowest BCUT2D eigenvalue weighted by Gasteiger charge is -2.15. The molecule has 0 unspecified atom stereocenters. The maximum atomic E-state index is 12.2. The largest absolute Gasteiger partial charge is 0.273 e. The summed E-state index contributed by atoms with van der Waals surface area (Å²) in [6, 6.07) is 17.3. The number of para-hydroxylation sites is 1. The molecule has 24 heavy (non-hydrogen) atoms. The Morgan fingerprint density at radius 3 is 2.75 bits per heavy atom. The van der Waals surface area contributed by atoms with E-state index in [-0.39, 0.29) is 5.91 Å². The summed E-state index contributed by atoms with van der Waals surface area (Å²) in [6.45, 7) is 0. The summed E-state index contributed by atoms with van der Waals surface area (Å²) in [5, 5.41) is 15.0. The fraction of sp³-hybridized carbons (Fsp3) is 0.0588. The van der Waals surface area contributed by atoms with Crippen LogP contribution in [0.15, 0.2) is 65.9 Å². The van der Waals surface area contributed by atoms with Gasteiger partial charge in [-0.1, -0.05) is 54.2 Å². The number of hydrogen-bond donors (Lipinski definition) is 1. The van der Waals surface area contributed by atoms with E-state index in [2.05, 4.69) is 20.7 Å². The molecule has 1 aliphatic rings.